The van der Waals surface area contributed by atoms with E-state index in [0.29, 0.717) is 12.4 Å². The SMILES string of the molecule is Cc1cccc(OS(=O)(=O)C[C@@H]2CCCO2)c1. The molecular weight excluding hydrogens is 240 g/mol. The summed E-state index contributed by atoms with van der Waals surface area (Å²) in [5.41, 5.74) is 0.967. The quantitative estimate of drug-likeness (QED) is 0.772. The summed E-state index contributed by atoms with van der Waals surface area (Å²) in [4.78, 5) is 0. The van der Waals surface area contributed by atoms with E-state index in [0.717, 1.165) is 18.4 Å². The van der Waals surface area contributed by atoms with Crippen LogP contribution >= 0.6 is 0 Å². The lowest BCUT2D eigenvalue weighted by Crippen LogP contribution is -2.24. The molecule has 1 aromatic rings. The van der Waals surface area contributed by atoms with Crippen molar-refractivity contribution in [1.82, 2.24) is 0 Å². The van der Waals surface area contributed by atoms with Crippen molar-refractivity contribution in [1.29, 1.82) is 0 Å². The predicted octanol–water partition coefficient (Wildman–Crippen LogP) is 1.88. The zero-order valence-electron chi connectivity index (χ0n) is 9.76. The van der Waals surface area contributed by atoms with Crippen molar-refractivity contribution in [3.8, 4) is 5.75 Å². The first kappa shape index (κ1) is 12.4. The highest BCUT2D eigenvalue weighted by Crippen LogP contribution is 2.18. The molecule has 94 valence electrons. The molecule has 1 aliphatic rings. The van der Waals surface area contributed by atoms with E-state index in [1.54, 1.807) is 18.2 Å². The Hall–Kier alpha value is -1.07. The van der Waals surface area contributed by atoms with Gasteiger partial charge in [-0.25, -0.2) is 0 Å². The second-order valence-electron chi connectivity index (χ2n) is 4.26. The second kappa shape index (κ2) is 5.06. The van der Waals surface area contributed by atoms with Gasteiger partial charge in [-0.15, -0.1) is 0 Å². The number of hydrogen-bond acceptors (Lipinski definition) is 4. The molecule has 0 aromatic heterocycles. The summed E-state index contributed by atoms with van der Waals surface area (Å²) in [6.45, 7) is 2.53. The molecule has 1 fully saturated rings. The summed E-state index contributed by atoms with van der Waals surface area (Å²) >= 11 is 0. The molecule has 2 rings (SSSR count). The molecule has 0 aliphatic carbocycles. The molecule has 4 nitrogen and oxygen atoms in total. The fourth-order valence-electron chi connectivity index (χ4n) is 1.85. The van der Waals surface area contributed by atoms with Crippen LogP contribution < -0.4 is 4.18 Å². The smallest absolute Gasteiger partial charge is 0.311 e. The van der Waals surface area contributed by atoms with Crippen molar-refractivity contribution < 1.29 is 17.3 Å². The largest absolute Gasteiger partial charge is 0.382 e. The molecule has 1 aliphatic heterocycles. The molecule has 5 heteroatoms. The summed E-state index contributed by atoms with van der Waals surface area (Å²) < 4.78 is 33.9. The first-order chi connectivity index (χ1) is 8.05. The lowest BCUT2D eigenvalue weighted by molar-refractivity contribution is 0.126. The molecule has 0 bridgehead atoms. The molecule has 0 radical (unpaired) electrons. The zero-order valence-corrected chi connectivity index (χ0v) is 10.6. The maximum atomic E-state index is 11.8. The summed E-state index contributed by atoms with van der Waals surface area (Å²) in [6.07, 6.45) is 1.49. The minimum Gasteiger partial charge on any atom is -0.382 e. The van der Waals surface area contributed by atoms with Crippen LogP contribution in [0.25, 0.3) is 0 Å². The molecule has 17 heavy (non-hydrogen) atoms. The van der Waals surface area contributed by atoms with Gasteiger partial charge in [-0.3, -0.25) is 0 Å². The van der Waals surface area contributed by atoms with Crippen LogP contribution in [0.1, 0.15) is 18.4 Å². The lowest BCUT2D eigenvalue weighted by atomic mass is 10.2. The number of ether oxygens (including phenoxy) is 1. The van der Waals surface area contributed by atoms with Gasteiger partial charge >= 0.3 is 10.1 Å². The van der Waals surface area contributed by atoms with Crippen LogP contribution in [0.5, 0.6) is 5.75 Å². The summed E-state index contributed by atoms with van der Waals surface area (Å²) in [5, 5.41) is 0. The van der Waals surface area contributed by atoms with Crippen molar-refractivity contribution in [2.45, 2.75) is 25.9 Å². The molecular formula is C12H16O4S. The molecule has 0 unspecified atom stereocenters. The first-order valence-electron chi connectivity index (χ1n) is 5.66. The van der Waals surface area contributed by atoms with Crippen LogP contribution in [-0.2, 0) is 14.9 Å². The average molecular weight is 256 g/mol. The first-order valence-corrected chi connectivity index (χ1v) is 7.23. The summed E-state index contributed by atoms with van der Waals surface area (Å²) in [6, 6.07) is 7.00. The van der Waals surface area contributed by atoms with Gasteiger partial charge in [0, 0.05) is 6.61 Å². The molecule has 0 saturated carbocycles. The third kappa shape index (κ3) is 3.71. The Morgan fingerprint density at radius 1 is 1.47 bits per heavy atom. The Labute approximate surface area is 102 Å². The van der Waals surface area contributed by atoms with E-state index in [-0.39, 0.29) is 11.9 Å². The van der Waals surface area contributed by atoms with Crippen LogP contribution in [0, 0.1) is 6.92 Å². The number of rotatable bonds is 4. The minimum absolute atomic E-state index is 0.0685. The maximum absolute atomic E-state index is 11.8. The summed E-state index contributed by atoms with van der Waals surface area (Å²) in [7, 11) is -3.56. The van der Waals surface area contributed by atoms with E-state index in [4.69, 9.17) is 8.92 Å². The Balaban J connectivity index is 2.01. The van der Waals surface area contributed by atoms with Gasteiger partial charge in [-0.05, 0) is 37.5 Å². The standard InChI is InChI=1S/C12H16O4S/c1-10-4-2-5-11(8-10)16-17(13,14)9-12-6-3-7-15-12/h2,4-5,8,12H,3,6-7,9H2,1H3/t12-/m0/s1. The summed E-state index contributed by atoms with van der Waals surface area (Å²) in [5.74, 6) is 0.295. The molecule has 0 spiro atoms. The van der Waals surface area contributed by atoms with Gasteiger partial charge in [-0.2, -0.15) is 8.42 Å². The van der Waals surface area contributed by atoms with Gasteiger partial charge in [0.05, 0.1) is 6.10 Å². The third-order valence-electron chi connectivity index (χ3n) is 2.63. The molecule has 0 N–H and O–H groups in total. The monoisotopic (exact) mass is 256 g/mol. The Bertz CT molecular complexity index is 475. The van der Waals surface area contributed by atoms with E-state index < -0.39 is 10.1 Å². The average Bonchev–Trinajstić information content (AvgIpc) is 2.68. The van der Waals surface area contributed by atoms with Gasteiger partial charge in [-0.1, -0.05) is 12.1 Å². The highest BCUT2D eigenvalue weighted by atomic mass is 32.2. The van der Waals surface area contributed by atoms with Crippen LogP contribution in [0.4, 0.5) is 0 Å². The lowest BCUT2D eigenvalue weighted by Gasteiger charge is -2.11. The molecule has 0 amide bonds. The topological polar surface area (TPSA) is 52.6 Å². The van der Waals surface area contributed by atoms with Gasteiger partial charge in [0.15, 0.2) is 0 Å². The molecule has 1 atom stereocenters. The van der Waals surface area contributed by atoms with E-state index in [2.05, 4.69) is 0 Å². The van der Waals surface area contributed by atoms with Gasteiger partial charge in [0.2, 0.25) is 0 Å². The van der Waals surface area contributed by atoms with E-state index in [1.807, 2.05) is 13.0 Å². The van der Waals surface area contributed by atoms with Gasteiger partial charge in [0.1, 0.15) is 11.5 Å². The van der Waals surface area contributed by atoms with Crippen molar-refractivity contribution >= 4 is 10.1 Å². The fourth-order valence-corrected chi connectivity index (χ4v) is 3.03. The van der Waals surface area contributed by atoms with E-state index in [1.165, 1.54) is 0 Å². The van der Waals surface area contributed by atoms with Gasteiger partial charge in [0.25, 0.3) is 0 Å². The second-order valence-corrected chi connectivity index (χ2v) is 5.87. The highest BCUT2D eigenvalue weighted by molar-refractivity contribution is 7.87. The zero-order chi connectivity index (χ0) is 12.3. The maximum Gasteiger partial charge on any atom is 0.311 e. The third-order valence-corrected chi connectivity index (χ3v) is 3.85. The molecule has 1 saturated heterocycles. The fraction of sp³-hybridized carbons (Fsp3) is 0.500. The molecule has 1 heterocycles. The Morgan fingerprint density at radius 2 is 2.29 bits per heavy atom. The predicted molar refractivity (Wildman–Crippen MR) is 64.6 cm³/mol. The normalized spacial score (nSPS) is 20.4. The highest BCUT2D eigenvalue weighted by Gasteiger charge is 2.24. The molecule has 1 aromatic carbocycles. The van der Waals surface area contributed by atoms with Crippen molar-refractivity contribution in [2.75, 3.05) is 12.4 Å². The van der Waals surface area contributed by atoms with Crippen molar-refractivity contribution in [3.05, 3.63) is 29.8 Å². The minimum atomic E-state index is -3.56. The Morgan fingerprint density at radius 3 is 2.94 bits per heavy atom. The van der Waals surface area contributed by atoms with E-state index >= 15 is 0 Å². The van der Waals surface area contributed by atoms with E-state index in [9.17, 15) is 8.42 Å². The van der Waals surface area contributed by atoms with Gasteiger partial charge < -0.3 is 8.92 Å². The van der Waals surface area contributed by atoms with Crippen molar-refractivity contribution in [3.63, 3.8) is 0 Å². The van der Waals surface area contributed by atoms with Crippen LogP contribution in [0.3, 0.4) is 0 Å². The van der Waals surface area contributed by atoms with Crippen LogP contribution in [0.2, 0.25) is 0 Å². The Kier molecular flexibility index (Phi) is 3.69. The number of benzene rings is 1. The van der Waals surface area contributed by atoms with Crippen LogP contribution in [-0.4, -0.2) is 26.9 Å². The van der Waals surface area contributed by atoms with Crippen LogP contribution in [0.15, 0.2) is 24.3 Å². The number of hydrogen-bond donors (Lipinski definition) is 0. The van der Waals surface area contributed by atoms with Crippen molar-refractivity contribution in [2.24, 2.45) is 0 Å². The number of aryl methyl sites for hydroxylation is 1.